The van der Waals surface area contributed by atoms with Gasteiger partial charge < -0.3 is 9.47 Å². The minimum Gasteiger partial charge on any atom is -0.494 e. The quantitative estimate of drug-likeness (QED) is 0.597. The molecule has 3 rings (SSSR count). The van der Waals surface area contributed by atoms with E-state index in [-0.39, 0.29) is 5.69 Å². The molecule has 1 aromatic heterocycles. The van der Waals surface area contributed by atoms with Gasteiger partial charge in [-0.25, -0.2) is 9.89 Å². The first-order chi connectivity index (χ1) is 10.8. The molecule has 7 heteroatoms. The molecule has 0 bridgehead atoms. The lowest BCUT2D eigenvalue weighted by Gasteiger charge is -2.07. The highest BCUT2D eigenvalue weighted by atomic mass is 32.2. The van der Waals surface area contributed by atoms with Gasteiger partial charge in [0.25, 0.3) is 0 Å². The molecule has 1 fully saturated rings. The molecule has 1 saturated carbocycles. The van der Waals surface area contributed by atoms with Crippen LogP contribution in [0, 0.1) is 0 Å². The van der Waals surface area contributed by atoms with Crippen LogP contribution < -0.4 is 15.2 Å². The molecule has 0 aliphatic heterocycles. The number of nitrogens with zero attached hydrogens (tertiary/aromatic N) is 2. The van der Waals surface area contributed by atoms with Crippen LogP contribution in [0.25, 0.3) is 0 Å². The molecule has 22 heavy (non-hydrogen) atoms. The number of aromatic nitrogens is 3. The highest BCUT2D eigenvalue weighted by molar-refractivity contribution is 7.99. The molecule has 0 atom stereocenters. The van der Waals surface area contributed by atoms with Gasteiger partial charge in [-0.3, -0.25) is 4.57 Å². The Labute approximate surface area is 132 Å². The zero-order valence-corrected chi connectivity index (χ0v) is 13.3. The van der Waals surface area contributed by atoms with Crippen LogP contribution in [0.4, 0.5) is 0 Å². The SMILES string of the molecule is CCOc1ccc(OCCSc2n[nH]c(=O)n2C2CC2)cc1. The standard InChI is InChI=1S/C15H19N3O3S/c1-2-20-12-5-7-13(8-6-12)21-9-10-22-15-17-16-14(19)18(15)11-3-4-11/h5-8,11H,2-4,9-10H2,1H3,(H,16,19). The summed E-state index contributed by atoms with van der Waals surface area (Å²) in [5.74, 6) is 2.39. The predicted octanol–water partition coefficient (Wildman–Crippen LogP) is 2.48. The van der Waals surface area contributed by atoms with Crippen molar-refractivity contribution in [2.24, 2.45) is 0 Å². The summed E-state index contributed by atoms with van der Waals surface area (Å²) < 4.78 is 12.8. The van der Waals surface area contributed by atoms with E-state index >= 15 is 0 Å². The van der Waals surface area contributed by atoms with E-state index in [0.29, 0.717) is 19.3 Å². The number of aromatic amines is 1. The van der Waals surface area contributed by atoms with E-state index in [2.05, 4.69) is 10.2 Å². The third-order valence-electron chi connectivity index (χ3n) is 3.30. The van der Waals surface area contributed by atoms with Gasteiger partial charge in [-0.2, -0.15) is 0 Å². The smallest absolute Gasteiger partial charge is 0.344 e. The Kier molecular flexibility index (Phi) is 4.72. The fourth-order valence-corrected chi connectivity index (χ4v) is 2.97. The van der Waals surface area contributed by atoms with Crippen LogP contribution >= 0.6 is 11.8 Å². The first-order valence-corrected chi connectivity index (χ1v) is 8.42. The van der Waals surface area contributed by atoms with Crippen LogP contribution in [0.15, 0.2) is 34.2 Å². The van der Waals surface area contributed by atoms with Crippen LogP contribution in [0.5, 0.6) is 11.5 Å². The Hall–Kier alpha value is -1.89. The fourth-order valence-electron chi connectivity index (χ4n) is 2.14. The maximum absolute atomic E-state index is 11.6. The Morgan fingerprint density at radius 1 is 1.27 bits per heavy atom. The Morgan fingerprint density at radius 2 is 1.95 bits per heavy atom. The maximum atomic E-state index is 11.6. The number of ether oxygens (including phenoxy) is 2. The first-order valence-electron chi connectivity index (χ1n) is 7.43. The summed E-state index contributed by atoms with van der Waals surface area (Å²) in [6.07, 6.45) is 2.13. The molecular formula is C15H19N3O3S. The van der Waals surface area contributed by atoms with Crippen LogP contribution in [0.3, 0.4) is 0 Å². The van der Waals surface area contributed by atoms with Crippen molar-refractivity contribution in [3.05, 3.63) is 34.7 Å². The highest BCUT2D eigenvalue weighted by Gasteiger charge is 2.28. The lowest BCUT2D eigenvalue weighted by Crippen LogP contribution is -2.16. The van der Waals surface area contributed by atoms with E-state index in [1.807, 2.05) is 31.2 Å². The molecule has 1 aliphatic carbocycles. The van der Waals surface area contributed by atoms with Gasteiger partial charge in [0.1, 0.15) is 11.5 Å². The second-order valence-electron chi connectivity index (χ2n) is 5.01. The summed E-state index contributed by atoms with van der Waals surface area (Å²) in [6, 6.07) is 7.91. The Balaban J connectivity index is 1.46. The number of H-pyrrole nitrogens is 1. The third-order valence-corrected chi connectivity index (χ3v) is 4.22. The van der Waals surface area contributed by atoms with E-state index in [1.54, 1.807) is 4.57 Å². The predicted molar refractivity (Wildman–Crippen MR) is 84.9 cm³/mol. The number of nitrogens with one attached hydrogen (secondary N) is 1. The molecule has 0 unspecified atom stereocenters. The van der Waals surface area contributed by atoms with Crippen LogP contribution in [-0.4, -0.2) is 33.7 Å². The molecule has 0 amide bonds. The highest BCUT2D eigenvalue weighted by Crippen LogP contribution is 2.35. The normalized spacial score (nSPS) is 14.0. The van der Waals surface area contributed by atoms with Gasteiger partial charge in [-0.15, -0.1) is 5.10 Å². The van der Waals surface area contributed by atoms with Gasteiger partial charge in [0.15, 0.2) is 5.16 Å². The maximum Gasteiger partial charge on any atom is 0.344 e. The third kappa shape index (κ3) is 3.65. The molecule has 0 spiro atoms. The number of thioether (sulfide) groups is 1. The summed E-state index contributed by atoms with van der Waals surface area (Å²) >= 11 is 1.54. The minimum atomic E-state index is -0.113. The zero-order valence-electron chi connectivity index (χ0n) is 12.4. The van der Waals surface area contributed by atoms with Crippen molar-refractivity contribution in [3.63, 3.8) is 0 Å². The monoisotopic (exact) mass is 321 g/mol. The fraction of sp³-hybridized carbons (Fsp3) is 0.467. The second-order valence-corrected chi connectivity index (χ2v) is 6.08. The number of benzene rings is 1. The van der Waals surface area contributed by atoms with Gasteiger partial charge in [0, 0.05) is 11.8 Å². The largest absolute Gasteiger partial charge is 0.494 e. The average Bonchev–Trinajstić information content (AvgIpc) is 3.29. The van der Waals surface area contributed by atoms with E-state index in [1.165, 1.54) is 11.8 Å². The van der Waals surface area contributed by atoms with Gasteiger partial charge in [-0.05, 0) is 44.0 Å². The summed E-state index contributed by atoms with van der Waals surface area (Å²) in [5.41, 5.74) is -0.113. The average molecular weight is 321 g/mol. The van der Waals surface area contributed by atoms with E-state index in [0.717, 1.165) is 35.2 Å². The van der Waals surface area contributed by atoms with Gasteiger partial charge in [0.2, 0.25) is 0 Å². The van der Waals surface area contributed by atoms with Gasteiger partial charge in [0.05, 0.1) is 13.2 Å². The van der Waals surface area contributed by atoms with Gasteiger partial charge >= 0.3 is 5.69 Å². The molecule has 6 nitrogen and oxygen atoms in total. The summed E-state index contributed by atoms with van der Waals surface area (Å²) in [5, 5.41) is 7.34. The van der Waals surface area contributed by atoms with E-state index < -0.39 is 0 Å². The molecule has 1 aromatic carbocycles. The van der Waals surface area contributed by atoms with Crippen molar-refractivity contribution in [1.29, 1.82) is 0 Å². The van der Waals surface area contributed by atoms with Crippen LogP contribution in [0.1, 0.15) is 25.8 Å². The second kappa shape index (κ2) is 6.91. The van der Waals surface area contributed by atoms with Crippen molar-refractivity contribution >= 4 is 11.8 Å². The number of rotatable bonds is 8. The molecule has 1 N–H and O–H groups in total. The Morgan fingerprint density at radius 3 is 2.59 bits per heavy atom. The first kappa shape index (κ1) is 15.0. The van der Waals surface area contributed by atoms with Crippen molar-refractivity contribution in [2.75, 3.05) is 19.0 Å². The summed E-state index contributed by atoms with van der Waals surface area (Å²) in [7, 11) is 0. The van der Waals surface area contributed by atoms with Gasteiger partial charge in [-0.1, -0.05) is 11.8 Å². The van der Waals surface area contributed by atoms with E-state index in [9.17, 15) is 4.79 Å². The van der Waals surface area contributed by atoms with Crippen LogP contribution in [-0.2, 0) is 0 Å². The van der Waals surface area contributed by atoms with Crippen molar-refractivity contribution < 1.29 is 9.47 Å². The van der Waals surface area contributed by atoms with Crippen molar-refractivity contribution in [2.45, 2.75) is 31.0 Å². The minimum absolute atomic E-state index is 0.113. The molecule has 0 saturated heterocycles. The summed E-state index contributed by atoms with van der Waals surface area (Å²) in [6.45, 7) is 3.17. The van der Waals surface area contributed by atoms with E-state index in [4.69, 9.17) is 9.47 Å². The summed E-state index contributed by atoms with van der Waals surface area (Å²) in [4.78, 5) is 11.6. The zero-order chi connectivity index (χ0) is 15.4. The number of hydrogen-bond acceptors (Lipinski definition) is 5. The molecule has 2 aromatic rings. The van der Waals surface area contributed by atoms with Crippen molar-refractivity contribution in [3.8, 4) is 11.5 Å². The molecule has 118 valence electrons. The van der Waals surface area contributed by atoms with Crippen molar-refractivity contribution in [1.82, 2.24) is 14.8 Å². The molecule has 1 aliphatic rings. The Bertz CT molecular complexity index is 661. The van der Waals surface area contributed by atoms with Crippen LogP contribution in [0.2, 0.25) is 0 Å². The molecular weight excluding hydrogens is 302 g/mol. The molecule has 0 radical (unpaired) electrons. The lowest BCUT2D eigenvalue weighted by atomic mass is 10.3. The molecule has 1 heterocycles. The number of hydrogen-bond donors (Lipinski definition) is 1. The topological polar surface area (TPSA) is 69.1 Å². The lowest BCUT2D eigenvalue weighted by molar-refractivity contribution is 0.332.